The summed E-state index contributed by atoms with van der Waals surface area (Å²) in [4.78, 5) is 23.4. The van der Waals surface area contributed by atoms with Gasteiger partial charge in [0.2, 0.25) is 0 Å². The van der Waals surface area contributed by atoms with Crippen LogP contribution in [0.25, 0.3) is 11.4 Å². The monoisotopic (exact) mass is 557 g/mol. The number of alkyl halides is 5. The number of benzene rings is 2. The molecule has 1 amide bonds. The van der Waals surface area contributed by atoms with Crippen LogP contribution in [0.4, 0.5) is 26.3 Å². The minimum atomic E-state index is -5.00. The lowest BCUT2D eigenvalue weighted by Gasteiger charge is -2.29. The van der Waals surface area contributed by atoms with E-state index in [0.717, 1.165) is 23.9 Å². The Labute approximate surface area is 225 Å². The van der Waals surface area contributed by atoms with Gasteiger partial charge in [0.25, 0.3) is 11.8 Å². The quantitative estimate of drug-likeness (QED) is 0.249. The highest BCUT2D eigenvalue weighted by Crippen LogP contribution is 2.40. The highest BCUT2D eigenvalue weighted by atomic mass is 19.4. The van der Waals surface area contributed by atoms with Crippen LogP contribution in [0.5, 0.6) is 5.75 Å². The van der Waals surface area contributed by atoms with E-state index in [9.17, 15) is 22.4 Å². The fourth-order valence-electron chi connectivity index (χ4n) is 4.64. The van der Waals surface area contributed by atoms with Gasteiger partial charge in [0.15, 0.2) is 0 Å². The third kappa shape index (κ3) is 5.23. The van der Waals surface area contributed by atoms with Gasteiger partial charge in [-0.15, -0.1) is 0 Å². The maximum absolute atomic E-state index is 15.4. The molecule has 1 aliphatic rings. The van der Waals surface area contributed by atoms with Crippen LogP contribution >= 0.6 is 0 Å². The van der Waals surface area contributed by atoms with E-state index < -0.39 is 34.6 Å². The van der Waals surface area contributed by atoms with Crippen molar-refractivity contribution >= 4 is 5.91 Å². The van der Waals surface area contributed by atoms with Crippen molar-refractivity contribution in [3.63, 3.8) is 0 Å². The van der Waals surface area contributed by atoms with E-state index in [4.69, 9.17) is 4.74 Å². The number of carbonyl (C=O) groups excluding carboxylic acids is 1. The second kappa shape index (κ2) is 10.3. The summed E-state index contributed by atoms with van der Waals surface area (Å²) in [7, 11) is 1.56. The van der Waals surface area contributed by atoms with E-state index >= 15 is 8.78 Å². The van der Waals surface area contributed by atoms with E-state index in [1.165, 1.54) is 6.20 Å². The molecular formula is C29H21F6N3O2. The van der Waals surface area contributed by atoms with Crippen LogP contribution in [0.2, 0.25) is 0 Å². The largest absolute Gasteiger partial charge is 0.497 e. The van der Waals surface area contributed by atoms with E-state index in [1.54, 1.807) is 30.2 Å². The molecule has 206 valence electrons. The third-order valence-corrected chi connectivity index (χ3v) is 6.69. The average molecular weight is 557 g/mol. The van der Waals surface area contributed by atoms with Crippen molar-refractivity contribution in [1.82, 2.24) is 14.9 Å². The molecule has 0 bridgehead atoms. The third-order valence-electron chi connectivity index (χ3n) is 6.69. The molecule has 0 saturated heterocycles. The molecule has 0 saturated carbocycles. The van der Waals surface area contributed by atoms with Gasteiger partial charge in [0.1, 0.15) is 11.6 Å². The van der Waals surface area contributed by atoms with E-state index in [-0.39, 0.29) is 29.4 Å². The number of halogens is 6. The van der Waals surface area contributed by atoms with Crippen molar-refractivity contribution in [1.29, 1.82) is 0 Å². The molecule has 0 aliphatic carbocycles. The summed E-state index contributed by atoms with van der Waals surface area (Å²) in [6.45, 7) is 0.698. The van der Waals surface area contributed by atoms with Crippen LogP contribution in [-0.2, 0) is 25.1 Å². The van der Waals surface area contributed by atoms with E-state index in [2.05, 4.69) is 9.97 Å². The van der Waals surface area contributed by atoms with Crippen LogP contribution in [-0.4, -0.2) is 34.4 Å². The first kappa shape index (κ1) is 27.2. The molecule has 0 fully saturated rings. The summed E-state index contributed by atoms with van der Waals surface area (Å²) >= 11 is 0. The minimum Gasteiger partial charge on any atom is -0.497 e. The predicted molar refractivity (Wildman–Crippen MR) is 133 cm³/mol. The molecular weight excluding hydrogens is 536 g/mol. The van der Waals surface area contributed by atoms with Gasteiger partial charge in [-0.25, -0.2) is 4.39 Å². The van der Waals surface area contributed by atoms with E-state index in [1.807, 2.05) is 12.1 Å². The van der Waals surface area contributed by atoms with Crippen molar-refractivity contribution in [3.05, 3.63) is 112 Å². The Balaban J connectivity index is 1.46. The molecule has 40 heavy (non-hydrogen) atoms. The zero-order valence-corrected chi connectivity index (χ0v) is 21.0. The maximum atomic E-state index is 15.4. The number of hydrogen-bond acceptors (Lipinski definition) is 4. The summed E-state index contributed by atoms with van der Waals surface area (Å²) in [6.07, 6.45) is -2.18. The molecule has 0 atom stereocenters. The summed E-state index contributed by atoms with van der Waals surface area (Å²) in [6, 6.07) is 11.5. The van der Waals surface area contributed by atoms with Crippen molar-refractivity contribution in [2.45, 2.75) is 25.1 Å². The normalized spacial score (nSPS) is 13.8. The molecule has 3 heterocycles. The van der Waals surface area contributed by atoms with Crippen molar-refractivity contribution in [3.8, 4) is 17.1 Å². The van der Waals surface area contributed by atoms with Gasteiger partial charge < -0.3 is 9.64 Å². The van der Waals surface area contributed by atoms with Crippen molar-refractivity contribution in [2.75, 3.05) is 13.7 Å². The molecule has 5 nitrogen and oxygen atoms in total. The standard InChI is InChI=1S/C29H21F6N3O2/c1-40-22-4-2-17(3-5-22)16-38-11-8-23-24(27(38)39)7-10-37-26(23)25-15-18(6-9-36-25)28(31,32)19-12-20(29(33,34)35)14-21(30)13-19/h2-7,9-10,12-15H,8,11,16H2,1H3. The number of hydrogen-bond donors (Lipinski definition) is 0. The topological polar surface area (TPSA) is 55.3 Å². The molecule has 1 aliphatic heterocycles. The van der Waals surface area contributed by atoms with Gasteiger partial charge in [-0.05, 0) is 66.1 Å². The average Bonchev–Trinajstić information content (AvgIpc) is 2.94. The number of ether oxygens (including phenoxy) is 1. The smallest absolute Gasteiger partial charge is 0.416 e. The Hall–Kier alpha value is -4.41. The number of rotatable bonds is 6. The van der Waals surface area contributed by atoms with Gasteiger partial charge in [-0.1, -0.05) is 12.1 Å². The Morgan fingerprint density at radius 2 is 1.57 bits per heavy atom. The molecule has 0 radical (unpaired) electrons. The number of amides is 1. The molecule has 0 N–H and O–H groups in total. The first-order valence-electron chi connectivity index (χ1n) is 12.1. The lowest BCUT2D eigenvalue weighted by atomic mass is 9.94. The summed E-state index contributed by atoms with van der Waals surface area (Å²) in [5.74, 6) is -4.98. The van der Waals surface area contributed by atoms with Crippen LogP contribution < -0.4 is 4.74 Å². The summed E-state index contributed by atoms with van der Waals surface area (Å²) in [5, 5.41) is 0. The molecule has 5 rings (SSSR count). The maximum Gasteiger partial charge on any atom is 0.416 e. The van der Waals surface area contributed by atoms with Crippen LogP contribution in [0.1, 0.15) is 38.2 Å². The van der Waals surface area contributed by atoms with Gasteiger partial charge in [-0.2, -0.15) is 22.0 Å². The van der Waals surface area contributed by atoms with Gasteiger partial charge >= 0.3 is 6.18 Å². The first-order valence-corrected chi connectivity index (χ1v) is 12.1. The minimum absolute atomic E-state index is 0.0119. The van der Waals surface area contributed by atoms with Crippen molar-refractivity contribution < 1.29 is 35.9 Å². The zero-order valence-electron chi connectivity index (χ0n) is 21.0. The second-order valence-electron chi connectivity index (χ2n) is 9.24. The fourth-order valence-corrected chi connectivity index (χ4v) is 4.64. The lowest BCUT2D eigenvalue weighted by molar-refractivity contribution is -0.138. The molecule has 0 unspecified atom stereocenters. The van der Waals surface area contributed by atoms with Crippen LogP contribution in [0.3, 0.4) is 0 Å². The number of aromatic nitrogens is 2. The Morgan fingerprint density at radius 3 is 2.27 bits per heavy atom. The van der Waals surface area contributed by atoms with Crippen LogP contribution in [0.15, 0.2) is 73.1 Å². The fraction of sp³-hybridized carbons (Fsp3) is 0.207. The Bertz CT molecular complexity index is 1570. The number of pyridine rings is 2. The molecule has 2 aromatic heterocycles. The van der Waals surface area contributed by atoms with Crippen molar-refractivity contribution in [2.24, 2.45) is 0 Å². The molecule has 0 spiro atoms. The Morgan fingerprint density at radius 1 is 0.875 bits per heavy atom. The zero-order chi connectivity index (χ0) is 28.7. The summed E-state index contributed by atoms with van der Waals surface area (Å²) < 4.78 is 89.2. The number of nitrogens with zero attached hydrogens (tertiary/aromatic N) is 3. The molecule has 2 aromatic carbocycles. The van der Waals surface area contributed by atoms with E-state index in [0.29, 0.717) is 42.5 Å². The van der Waals surface area contributed by atoms with Gasteiger partial charge in [0.05, 0.1) is 24.1 Å². The van der Waals surface area contributed by atoms with Crippen LogP contribution in [0, 0.1) is 5.82 Å². The predicted octanol–water partition coefficient (Wildman–Crippen LogP) is 6.65. The highest BCUT2D eigenvalue weighted by molar-refractivity contribution is 5.98. The lowest BCUT2D eigenvalue weighted by Crippen LogP contribution is -2.37. The highest BCUT2D eigenvalue weighted by Gasteiger charge is 2.39. The summed E-state index contributed by atoms with van der Waals surface area (Å²) in [5.41, 5.74) is -1.37. The second-order valence-corrected chi connectivity index (χ2v) is 9.24. The molecule has 4 aromatic rings. The SMILES string of the molecule is COc1ccc(CN2CCc3c(ccnc3-c3cc(C(F)(F)c4cc(F)cc(C(F)(F)F)c4)ccn3)C2=O)cc1. The van der Waals surface area contributed by atoms with Gasteiger partial charge in [0, 0.05) is 42.2 Å². The van der Waals surface area contributed by atoms with Gasteiger partial charge in [-0.3, -0.25) is 14.8 Å². The first-order chi connectivity index (χ1) is 19.0. The Kier molecular flexibility index (Phi) is 6.99. The number of methoxy groups -OCH3 is 1. The molecule has 11 heteroatoms. The number of carbonyl (C=O) groups is 1. The number of fused-ring (bicyclic) bond motifs is 1.